The second-order valence-electron chi connectivity index (χ2n) is 6.72. The summed E-state index contributed by atoms with van der Waals surface area (Å²) in [5, 5.41) is 3.27. The van der Waals surface area contributed by atoms with Crippen LogP contribution in [0.3, 0.4) is 0 Å². The number of esters is 1. The number of nitrogens with one attached hydrogen (secondary N) is 1. The van der Waals surface area contributed by atoms with E-state index in [1.165, 1.54) is 4.90 Å². The Morgan fingerprint density at radius 3 is 2.50 bits per heavy atom. The van der Waals surface area contributed by atoms with Crippen molar-refractivity contribution < 1.29 is 19.1 Å². The van der Waals surface area contributed by atoms with Gasteiger partial charge in [0.1, 0.15) is 6.04 Å². The third kappa shape index (κ3) is 5.10. The maximum atomic E-state index is 12.4. The summed E-state index contributed by atoms with van der Waals surface area (Å²) >= 11 is 5.88. The average Bonchev–Trinajstić information content (AvgIpc) is 3.04. The number of hydrogen-bond donors (Lipinski definition) is 1. The Morgan fingerprint density at radius 1 is 1.14 bits per heavy atom. The Bertz CT molecular complexity index is 865. The van der Waals surface area contributed by atoms with Gasteiger partial charge in [-0.1, -0.05) is 41.4 Å². The normalized spacial score (nSPS) is 16.1. The van der Waals surface area contributed by atoms with Crippen LogP contribution in [-0.4, -0.2) is 35.3 Å². The summed E-state index contributed by atoms with van der Waals surface area (Å²) in [6.45, 7) is 1.85. The number of carbonyl (C=O) groups excluding carboxylic acids is 3. The van der Waals surface area contributed by atoms with Crippen molar-refractivity contribution in [3.8, 4) is 0 Å². The molecule has 0 aliphatic carbocycles. The predicted molar refractivity (Wildman–Crippen MR) is 106 cm³/mol. The van der Waals surface area contributed by atoms with Crippen molar-refractivity contribution >= 4 is 35.1 Å². The van der Waals surface area contributed by atoms with Gasteiger partial charge < -0.3 is 15.0 Å². The van der Waals surface area contributed by atoms with Gasteiger partial charge >= 0.3 is 5.97 Å². The van der Waals surface area contributed by atoms with Gasteiger partial charge in [0.25, 0.3) is 5.91 Å². The molecule has 0 aromatic heterocycles. The van der Waals surface area contributed by atoms with Gasteiger partial charge in [-0.2, -0.15) is 0 Å². The van der Waals surface area contributed by atoms with Crippen molar-refractivity contribution in [2.75, 3.05) is 11.9 Å². The summed E-state index contributed by atoms with van der Waals surface area (Å²) in [5.74, 6) is -1.11. The lowest BCUT2D eigenvalue weighted by atomic mass is 10.2. The molecule has 0 spiro atoms. The van der Waals surface area contributed by atoms with Crippen LogP contribution in [0.15, 0.2) is 48.5 Å². The predicted octanol–water partition coefficient (Wildman–Crippen LogP) is 3.32. The number of hydrogen-bond acceptors (Lipinski definition) is 4. The zero-order valence-electron chi connectivity index (χ0n) is 15.5. The fourth-order valence-electron chi connectivity index (χ4n) is 3.03. The smallest absolute Gasteiger partial charge is 0.329 e. The van der Waals surface area contributed by atoms with Gasteiger partial charge in [0.05, 0.1) is 0 Å². The Morgan fingerprint density at radius 2 is 1.82 bits per heavy atom. The van der Waals surface area contributed by atoms with Crippen LogP contribution in [0, 0.1) is 6.92 Å². The minimum absolute atomic E-state index is 0.110. The van der Waals surface area contributed by atoms with Crippen LogP contribution in [0.5, 0.6) is 0 Å². The highest BCUT2D eigenvalue weighted by atomic mass is 35.5. The molecule has 3 rings (SSSR count). The first-order valence-corrected chi connectivity index (χ1v) is 9.37. The van der Waals surface area contributed by atoms with Gasteiger partial charge in [0, 0.05) is 23.7 Å². The number of carbonyl (C=O) groups is 3. The summed E-state index contributed by atoms with van der Waals surface area (Å²) < 4.78 is 5.15. The molecule has 1 N–H and O–H groups in total. The topological polar surface area (TPSA) is 75.7 Å². The first kappa shape index (κ1) is 19.9. The number of likely N-dealkylation sites (tertiary alicyclic amines) is 1. The fourth-order valence-corrected chi connectivity index (χ4v) is 3.16. The van der Waals surface area contributed by atoms with E-state index >= 15 is 0 Å². The zero-order valence-corrected chi connectivity index (χ0v) is 16.2. The van der Waals surface area contributed by atoms with Crippen molar-refractivity contribution in [3.63, 3.8) is 0 Å². The van der Waals surface area contributed by atoms with Gasteiger partial charge in [0.2, 0.25) is 5.91 Å². The standard InChI is InChI=1S/C21H21ClN2O4/c1-14-2-8-17(9-3-14)23-19(25)13-28-21(27)18-10-11-20(26)24(18)12-15-4-6-16(22)7-5-15/h2-9,18H,10-13H2,1H3,(H,23,25). The average molecular weight is 401 g/mol. The van der Waals surface area contributed by atoms with Crippen molar-refractivity contribution in [1.82, 2.24) is 4.90 Å². The third-order valence-corrected chi connectivity index (χ3v) is 4.80. The van der Waals surface area contributed by atoms with Crippen LogP contribution in [0.25, 0.3) is 0 Å². The Hall–Kier alpha value is -2.86. The maximum Gasteiger partial charge on any atom is 0.329 e. The molecule has 0 saturated carbocycles. The molecule has 1 saturated heterocycles. The molecule has 1 aliphatic heterocycles. The van der Waals surface area contributed by atoms with Gasteiger partial charge in [-0.05, 0) is 43.2 Å². The van der Waals surface area contributed by atoms with Crippen molar-refractivity contribution in [2.24, 2.45) is 0 Å². The second kappa shape index (κ2) is 8.89. The minimum Gasteiger partial charge on any atom is -0.454 e. The van der Waals surface area contributed by atoms with E-state index in [1.54, 1.807) is 24.3 Å². The van der Waals surface area contributed by atoms with E-state index in [4.69, 9.17) is 16.3 Å². The Balaban J connectivity index is 1.54. The summed E-state index contributed by atoms with van der Waals surface area (Å²) in [7, 11) is 0. The van der Waals surface area contributed by atoms with Crippen LogP contribution in [-0.2, 0) is 25.7 Å². The minimum atomic E-state index is -0.685. The molecular formula is C21H21ClN2O4. The van der Waals surface area contributed by atoms with E-state index in [0.717, 1.165) is 11.1 Å². The van der Waals surface area contributed by atoms with Crippen molar-refractivity contribution in [1.29, 1.82) is 0 Å². The maximum absolute atomic E-state index is 12.4. The number of rotatable bonds is 6. The number of amides is 2. The highest BCUT2D eigenvalue weighted by Crippen LogP contribution is 2.23. The number of halogens is 1. The van der Waals surface area contributed by atoms with Gasteiger partial charge in [0.15, 0.2) is 6.61 Å². The number of benzene rings is 2. The quantitative estimate of drug-likeness (QED) is 0.755. The summed E-state index contributed by atoms with van der Waals surface area (Å²) in [6, 6.07) is 13.7. The molecule has 2 amide bonds. The second-order valence-corrected chi connectivity index (χ2v) is 7.16. The van der Waals surface area contributed by atoms with E-state index in [2.05, 4.69) is 5.32 Å². The highest BCUT2D eigenvalue weighted by molar-refractivity contribution is 6.30. The molecule has 2 aromatic rings. The third-order valence-electron chi connectivity index (χ3n) is 4.55. The Labute approximate surface area is 168 Å². The molecule has 28 heavy (non-hydrogen) atoms. The van der Waals surface area contributed by atoms with Crippen LogP contribution < -0.4 is 5.32 Å². The molecule has 2 aromatic carbocycles. The molecule has 1 atom stereocenters. The molecule has 146 valence electrons. The first-order chi connectivity index (χ1) is 13.4. The number of nitrogens with zero attached hydrogens (tertiary/aromatic N) is 1. The molecule has 0 bridgehead atoms. The van der Waals surface area contributed by atoms with E-state index in [-0.39, 0.29) is 12.3 Å². The molecule has 1 aliphatic rings. The molecule has 6 nitrogen and oxygen atoms in total. The van der Waals surface area contributed by atoms with Gasteiger partial charge in [-0.15, -0.1) is 0 Å². The van der Waals surface area contributed by atoms with Crippen LogP contribution in [0.4, 0.5) is 5.69 Å². The SMILES string of the molecule is Cc1ccc(NC(=O)COC(=O)C2CCC(=O)N2Cc2ccc(Cl)cc2)cc1. The van der Waals surface area contributed by atoms with E-state index in [9.17, 15) is 14.4 Å². The molecule has 1 heterocycles. The largest absolute Gasteiger partial charge is 0.454 e. The molecule has 7 heteroatoms. The summed E-state index contributed by atoms with van der Waals surface area (Å²) in [4.78, 5) is 38.1. The molecule has 0 radical (unpaired) electrons. The molecule has 1 unspecified atom stereocenters. The van der Waals surface area contributed by atoms with Gasteiger partial charge in [-0.3, -0.25) is 9.59 Å². The fraction of sp³-hybridized carbons (Fsp3) is 0.286. The first-order valence-electron chi connectivity index (χ1n) is 8.99. The van der Waals surface area contributed by atoms with Gasteiger partial charge in [-0.25, -0.2) is 4.79 Å². The summed E-state index contributed by atoms with van der Waals surface area (Å²) in [6.07, 6.45) is 0.660. The van der Waals surface area contributed by atoms with Crippen molar-refractivity contribution in [3.05, 3.63) is 64.7 Å². The number of aryl methyl sites for hydroxylation is 1. The molecular weight excluding hydrogens is 380 g/mol. The highest BCUT2D eigenvalue weighted by Gasteiger charge is 2.37. The summed E-state index contributed by atoms with van der Waals surface area (Å²) in [5.41, 5.74) is 2.58. The lowest BCUT2D eigenvalue weighted by Gasteiger charge is -2.23. The Kier molecular flexibility index (Phi) is 6.31. The zero-order chi connectivity index (χ0) is 20.1. The lowest BCUT2D eigenvalue weighted by molar-refractivity contribution is -0.154. The number of ether oxygens (including phenoxy) is 1. The monoisotopic (exact) mass is 400 g/mol. The lowest BCUT2D eigenvalue weighted by Crippen LogP contribution is -2.40. The van der Waals surface area contributed by atoms with Crippen LogP contribution in [0.1, 0.15) is 24.0 Å². The van der Waals surface area contributed by atoms with Crippen LogP contribution in [0.2, 0.25) is 5.02 Å². The number of anilines is 1. The van der Waals surface area contributed by atoms with E-state index in [0.29, 0.717) is 23.7 Å². The van der Waals surface area contributed by atoms with E-state index < -0.39 is 24.5 Å². The van der Waals surface area contributed by atoms with E-state index in [1.807, 2.05) is 31.2 Å². The van der Waals surface area contributed by atoms with Crippen molar-refractivity contribution in [2.45, 2.75) is 32.4 Å². The van der Waals surface area contributed by atoms with Crippen LogP contribution >= 0.6 is 11.6 Å². The molecule has 1 fully saturated rings.